The van der Waals surface area contributed by atoms with E-state index in [-0.39, 0.29) is 0 Å². The molecule has 0 atom stereocenters. The van der Waals surface area contributed by atoms with E-state index in [1.165, 1.54) is 28.8 Å². The van der Waals surface area contributed by atoms with Crippen molar-refractivity contribution in [2.75, 3.05) is 0 Å². The van der Waals surface area contributed by atoms with E-state index >= 15 is 0 Å². The van der Waals surface area contributed by atoms with Crippen LogP contribution in [-0.2, 0) is 12.8 Å². The summed E-state index contributed by atoms with van der Waals surface area (Å²) in [5, 5.41) is 0. The molecule has 0 saturated carbocycles. The number of aryl methyl sites for hydroxylation is 2. The van der Waals surface area contributed by atoms with Crippen molar-refractivity contribution in [3.8, 4) is 0 Å². The number of fused-ring (bicyclic) bond motifs is 1. The van der Waals surface area contributed by atoms with Crippen LogP contribution in [-0.4, -0.2) is 5.71 Å². The molecule has 0 aliphatic carbocycles. The standard InChI is InChI=1S/C18H19N/c1-2-6-14-7-5-9-16(13-14)18-12-11-15-8-3-4-10-17(15)19-18/h3-5,7-10,13H,2,6,11-12H2,1H3. The number of para-hydroxylation sites is 1. The van der Waals surface area contributed by atoms with E-state index in [4.69, 9.17) is 4.99 Å². The largest absolute Gasteiger partial charge is 0.253 e. The lowest BCUT2D eigenvalue weighted by atomic mass is 9.96. The molecule has 1 nitrogen and oxygen atoms in total. The minimum Gasteiger partial charge on any atom is -0.253 e. The maximum atomic E-state index is 4.83. The Balaban J connectivity index is 1.95. The molecule has 1 aliphatic rings. The van der Waals surface area contributed by atoms with Gasteiger partial charge in [0.05, 0.1) is 5.69 Å². The maximum absolute atomic E-state index is 4.83. The maximum Gasteiger partial charge on any atom is 0.0665 e. The molecule has 0 unspecified atom stereocenters. The molecule has 0 spiro atoms. The van der Waals surface area contributed by atoms with Crippen molar-refractivity contribution in [3.05, 3.63) is 65.2 Å². The topological polar surface area (TPSA) is 12.4 Å². The summed E-state index contributed by atoms with van der Waals surface area (Å²) >= 11 is 0. The van der Waals surface area contributed by atoms with E-state index in [9.17, 15) is 0 Å². The molecule has 2 aromatic rings. The molecule has 1 heteroatoms. The Morgan fingerprint density at radius 2 is 1.89 bits per heavy atom. The third kappa shape index (κ3) is 2.60. The third-order valence-electron chi connectivity index (χ3n) is 3.68. The Morgan fingerprint density at radius 3 is 2.79 bits per heavy atom. The van der Waals surface area contributed by atoms with E-state index < -0.39 is 0 Å². The molecule has 0 saturated heterocycles. The van der Waals surface area contributed by atoms with E-state index in [1.807, 2.05) is 0 Å². The second-order valence-corrected chi connectivity index (χ2v) is 5.14. The van der Waals surface area contributed by atoms with Crippen LogP contribution in [0.4, 0.5) is 5.69 Å². The Kier molecular flexibility index (Phi) is 3.45. The number of hydrogen-bond acceptors (Lipinski definition) is 1. The van der Waals surface area contributed by atoms with Crippen LogP contribution in [0.3, 0.4) is 0 Å². The molecular weight excluding hydrogens is 230 g/mol. The zero-order valence-corrected chi connectivity index (χ0v) is 11.4. The van der Waals surface area contributed by atoms with Gasteiger partial charge in [0.1, 0.15) is 0 Å². The first-order valence-electron chi connectivity index (χ1n) is 7.11. The van der Waals surface area contributed by atoms with Gasteiger partial charge in [0.15, 0.2) is 0 Å². The van der Waals surface area contributed by atoms with Crippen LogP contribution in [0.2, 0.25) is 0 Å². The van der Waals surface area contributed by atoms with E-state index in [1.54, 1.807) is 0 Å². The van der Waals surface area contributed by atoms with Gasteiger partial charge in [-0.15, -0.1) is 0 Å². The molecule has 19 heavy (non-hydrogen) atoms. The zero-order chi connectivity index (χ0) is 13.1. The van der Waals surface area contributed by atoms with Crippen LogP contribution in [0.1, 0.15) is 36.5 Å². The first kappa shape index (κ1) is 12.2. The van der Waals surface area contributed by atoms with Gasteiger partial charge in [-0.3, -0.25) is 4.99 Å². The smallest absolute Gasteiger partial charge is 0.0665 e. The second kappa shape index (κ2) is 5.40. The molecule has 1 aliphatic heterocycles. The van der Waals surface area contributed by atoms with Gasteiger partial charge in [0, 0.05) is 5.71 Å². The molecule has 0 N–H and O–H groups in total. The monoisotopic (exact) mass is 249 g/mol. The summed E-state index contributed by atoms with van der Waals surface area (Å²) in [5.74, 6) is 0. The highest BCUT2D eigenvalue weighted by molar-refractivity contribution is 6.03. The summed E-state index contributed by atoms with van der Waals surface area (Å²) in [5.41, 5.74) is 6.46. The summed E-state index contributed by atoms with van der Waals surface area (Å²) in [6, 6.07) is 17.3. The van der Waals surface area contributed by atoms with Gasteiger partial charge >= 0.3 is 0 Å². The van der Waals surface area contributed by atoms with Crippen LogP contribution < -0.4 is 0 Å². The number of aliphatic imine (C=N–C) groups is 1. The predicted octanol–water partition coefficient (Wildman–Crippen LogP) is 4.71. The van der Waals surface area contributed by atoms with Crippen molar-refractivity contribution < 1.29 is 0 Å². The normalized spacial score (nSPS) is 13.8. The average Bonchev–Trinajstić information content (AvgIpc) is 2.47. The van der Waals surface area contributed by atoms with Gasteiger partial charge in [-0.05, 0) is 48.1 Å². The van der Waals surface area contributed by atoms with Gasteiger partial charge in [0.25, 0.3) is 0 Å². The first-order valence-corrected chi connectivity index (χ1v) is 7.11. The molecule has 0 fully saturated rings. The summed E-state index contributed by atoms with van der Waals surface area (Å²) in [4.78, 5) is 4.83. The van der Waals surface area contributed by atoms with Gasteiger partial charge < -0.3 is 0 Å². The lowest BCUT2D eigenvalue weighted by Crippen LogP contribution is -2.07. The van der Waals surface area contributed by atoms with Gasteiger partial charge in [-0.1, -0.05) is 49.7 Å². The van der Waals surface area contributed by atoms with E-state index in [0.29, 0.717) is 0 Å². The number of hydrogen-bond donors (Lipinski definition) is 0. The number of rotatable bonds is 3. The Labute approximate surface area is 115 Å². The van der Waals surface area contributed by atoms with E-state index in [2.05, 4.69) is 55.5 Å². The quantitative estimate of drug-likeness (QED) is 0.747. The summed E-state index contributed by atoms with van der Waals surface area (Å²) < 4.78 is 0. The highest BCUT2D eigenvalue weighted by Crippen LogP contribution is 2.27. The molecule has 0 amide bonds. The van der Waals surface area contributed by atoms with Crippen LogP contribution >= 0.6 is 0 Å². The van der Waals surface area contributed by atoms with Crippen molar-refractivity contribution in [2.45, 2.75) is 32.6 Å². The van der Waals surface area contributed by atoms with Crippen LogP contribution in [0.5, 0.6) is 0 Å². The molecule has 0 radical (unpaired) electrons. The summed E-state index contributed by atoms with van der Waals surface area (Å²) in [6.45, 7) is 2.22. The van der Waals surface area contributed by atoms with Crippen molar-refractivity contribution >= 4 is 11.4 Å². The van der Waals surface area contributed by atoms with Crippen molar-refractivity contribution in [2.24, 2.45) is 4.99 Å². The highest BCUT2D eigenvalue weighted by Gasteiger charge is 2.12. The summed E-state index contributed by atoms with van der Waals surface area (Å²) in [7, 11) is 0. The minimum atomic E-state index is 1.05. The summed E-state index contributed by atoms with van der Waals surface area (Å²) in [6.07, 6.45) is 4.50. The number of nitrogens with zero attached hydrogens (tertiary/aromatic N) is 1. The van der Waals surface area contributed by atoms with Crippen molar-refractivity contribution in [3.63, 3.8) is 0 Å². The fourth-order valence-electron chi connectivity index (χ4n) is 2.69. The molecule has 3 rings (SSSR count). The number of benzene rings is 2. The first-order chi connectivity index (χ1) is 9.36. The Morgan fingerprint density at radius 1 is 1.00 bits per heavy atom. The van der Waals surface area contributed by atoms with Crippen LogP contribution in [0.25, 0.3) is 0 Å². The Hall–Kier alpha value is -1.89. The third-order valence-corrected chi connectivity index (χ3v) is 3.68. The molecule has 2 aromatic carbocycles. The van der Waals surface area contributed by atoms with E-state index in [0.717, 1.165) is 24.9 Å². The minimum absolute atomic E-state index is 1.05. The average molecular weight is 249 g/mol. The molecular formula is C18H19N. The fourth-order valence-corrected chi connectivity index (χ4v) is 2.69. The van der Waals surface area contributed by atoms with Gasteiger partial charge in [-0.2, -0.15) is 0 Å². The van der Waals surface area contributed by atoms with Crippen molar-refractivity contribution in [1.82, 2.24) is 0 Å². The zero-order valence-electron chi connectivity index (χ0n) is 11.4. The lowest BCUT2D eigenvalue weighted by Gasteiger charge is -2.16. The molecule has 0 aromatic heterocycles. The predicted molar refractivity (Wildman–Crippen MR) is 81.4 cm³/mol. The lowest BCUT2D eigenvalue weighted by molar-refractivity contribution is 0.920. The fraction of sp³-hybridized carbons (Fsp3) is 0.278. The van der Waals surface area contributed by atoms with Gasteiger partial charge in [-0.25, -0.2) is 0 Å². The van der Waals surface area contributed by atoms with Crippen LogP contribution in [0.15, 0.2) is 53.5 Å². The highest BCUT2D eigenvalue weighted by atomic mass is 14.8. The van der Waals surface area contributed by atoms with Gasteiger partial charge in [0.2, 0.25) is 0 Å². The SMILES string of the molecule is CCCc1cccc(C2=Nc3ccccc3CC2)c1. The molecule has 0 bridgehead atoms. The molecule has 96 valence electrons. The Bertz CT molecular complexity index is 611. The van der Waals surface area contributed by atoms with Crippen molar-refractivity contribution in [1.29, 1.82) is 0 Å². The molecule has 1 heterocycles. The van der Waals surface area contributed by atoms with Crippen LogP contribution in [0, 0.1) is 0 Å². The second-order valence-electron chi connectivity index (χ2n) is 5.14.